The van der Waals surface area contributed by atoms with Crippen LogP contribution in [0.25, 0.3) is 0 Å². The Morgan fingerprint density at radius 1 is 1.43 bits per heavy atom. The number of carbonyl (C=O) groups excluding carboxylic acids is 1. The van der Waals surface area contributed by atoms with Crippen molar-refractivity contribution >= 4 is 18.3 Å². The van der Waals surface area contributed by atoms with Crippen LogP contribution in [0.5, 0.6) is 5.75 Å². The van der Waals surface area contributed by atoms with Crippen LogP contribution in [0.3, 0.4) is 0 Å². The van der Waals surface area contributed by atoms with Crippen LogP contribution in [-0.4, -0.2) is 25.1 Å². The maximum Gasteiger partial charge on any atom is 0.223 e. The minimum absolute atomic E-state index is 0. The van der Waals surface area contributed by atoms with Crippen molar-refractivity contribution in [3.05, 3.63) is 29.8 Å². The number of ether oxygens (including phenoxy) is 1. The van der Waals surface area contributed by atoms with Crippen molar-refractivity contribution in [3.63, 3.8) is 0 Å². The monoisotopic (exact) mass is 312 g/mol. The highest BCUT2D eigenvalue weighted by atomic mass is 35.5. The van der Waals surface area contributed by atoms with Crippen LogP contribution in [0.1, 0.15) is 31.2 Å². The van der Waals surface area contributed by atoms with Gasteiger partial charge in [-0.2, -0.15) is 0 Å². The van der Waals surface area contributed by atoms with Crippen molar-refractivity contribution in [3.8, 4) is 5.75 Å². The molecule has 0 radical (unpaired) electrons. The molecule has 2 rings (SSSR count). The molecule has 0 bridgehead atoms. The molecular weight excluding hydrogens is 288 g/mol. The Labute approximate surface area is 132 Å². The van der Waals surface area contributed by atoms with Gasteiger partial charge in [0.05, 0.1) is 6.54 Å². The summed E-state index contributed by atoms with van der Waals surface area (Å²) in [6.45, 7) is 3.06. The van der Waals surface area contributed by atoms with E-state index in [4.69, 9.17) is 10.5 Å². The zero-order chi connectivity index (χ0) is 14.4. The lowest BCUT2D eigenvalue weighted by molar-refractivity contribution is -0.126. The second-order valence-corrected chi connectivity index (χ2v) is 5.58. The second-order valence-electron chi connectivity index (χ2n) is 5.58. The van der Waals surface area contributed by atoms with E-state index in [0.29, 0.717) is 13.2 Å². The molecule has 1 aliphatic rings. The predicted molar refractivity (Wildman–Crippen MR) is 86.9 cm³/mol. The van der Waals surface area contributed by atoms with Crippen LogP contribution in [0.4, 0.5) is 0 Å². The molecule has 1 saturated carbocycles. The zero-order valence-electron chi connectivity index (χ0n) is 12.5. The van der Waals surface area contributed by atoms with E-state index in [0.717, 1.165) is 31.4 Å². The number of amides is 1. The number of hydrogen-bond donors (Lipinski definition) is 2. The highest BCUT2D eigenvalue weighted by molar-refractivity contribution is 5.85. The van der Waals surface area contributed by atoms with Crippen LogP contribution in [0, 0.1) is 12.8 Å². The molecule has 1 aromatic rings. The molecule has 0 aliphatic heterocycles. The van der Waals surface area contributed by atoms with E-state index in [9.17, 15) is 4.79 Å². The summed E-state index contributed by atoms with van der Waals surface area (Å²) in [5.74, 6) is 1.05. The van der Waals surface area contributed by atoms with E-state index in [1.165, 1.54) is 5.56 Å². The second kappa shape index (κ2) is 8.90. The number of nitrogens with one attached hydrogen (secondary N) is 1. The Bertz CT molecular complexity index is 454. The van der Waals surface area contributed by atoms with Gasteiger partial charge in [0, 0.05) is 12.0 Å². The molecule has 2 unspecified atom stereocenters. The topological polar surface area (TPSA) is 64.3 Å². The number of aryl methyl sites for hydroxylation is 1. The van der Waals surface area contributed by atoms with Gasteiger partial charge in [-0.3, -0.25) is 4.79 Å². The molecule has 5 heteroatoms. The summed E-state index contributed by atoms with van der Waals surface area (Å²) >= 11 is 0. The molecule has 1 aliphatic carbocycles. The van der Waals surface area contributed by atoms with Gasteiger partial charge in [0.2, 0.25) is 5.91 Å². The van der Waals surface area contributed by atoms with E-state index < -0.39 is 0 Å². The number of hydrogen-bond acceptors (Lipinski definition) is 3. The van der Waals surface area contributed by atoms with Gasteiger partial charge >= 0.3 is 0 Å². The molecule has 0 aromatic heterocycles. The number of rotatable bonds is 5. The fourth-order valence-corrected chi connectivity index (χ4v) is 2.66. The first-order valence-corrected chi connectivity index (χ1v) is 7.38. The Hall–Kier alpha value is -1.26. The molecule has 1 fully saturated rings. The smallest absolute Gasteiger partial charge is 0.223 e. The molecular formula is C16H25ClN2O2. The quantitative estimate of drug-likeness (QED) is 0.821. The van der Waals surface area contributed by atoms with Crippen LogP contribution in [0.2, 0.25) is 0 Å². The number of carbonyl (C=O) groups is 1. The molecule has 0 heterocycles. The third-order valence-corrected chi connectivity index (χ3v) is 3.75. The predicted octanol–water partition coefficient (Wildman–Crippen LogP) is 2.43. The van der Waals surface area contributed by atoms with Gasteiger partial charge in [-0.05, 0) is 43.9 Å². The molecule has 4 nitrogen and oxygen atoms in total. The lowest BCUT2D eigenvalue weighted by Gasteiger charge is -2.25. The van der Waals surface area contributed by atoms with Crippen molar-refractivity contribution in [2.75, 3.05) is 13.2 Å². The Morgan fingerprint density at radius 2 is 2.24 bits per heavy atom. The standard InChI is InChI=1S/C16H24N2O2.ClH/c1-12-4-2-7-15(10-12)20-9-8-18-16(19)13-5-3-6-14(17)11-13;/h2,4,7,10,13-14H,3,5-6,8-9,11,17H2,1H3,(H,18,19);1H. The van der Waals surface area contributed by atoms with Crippen molar-refractivity contribution in [2.45, 2.75) is 38.6 Å². The summed E-state index contributed by atoms with van der Waals surface area (Å²) in [5.41, 5.74) is 7.07. The van der Waals surface area contributed by atoms with E-state index >= 15 is 0 Å². The summed E-state index contributed by atoms with van der Waals surface area (Å²) in [5, 5.41) is 2.94. The van der Waals surface area contributed by atoms with Crippen LogP contribution >= 0.6 is 12.4 Å². The average Bonchev–Trinajstić information content (AvgIpc) is 2.43. The Morgan fingerprint density at radius 3 is 2.95 bits per heavy atom. The van der Waals surface area contributed by atoms with Gasteiger partial charge in [0.25, 0.3) is 0 Å². The summed E-state index contributed by atoms with van der Waals surface area (Å²) in [4.78, 5) is 12.0. The van der Waals surface area contributed by atoms with Crippen LogP contribution in [-0.2, 0) is 4.79 Å². The van der Waals surface area contributed by atoms with Crippen LogP contribution in [0.15, 0.2) is 24.3 Å². The largest absolute Gasteiger partial charge is 0.492 e. The molecule has 0 spiro atoms. The zero-order valence-corrected chi connectivity index (χ0v) is 13.3. The summed E-state index contributed by atoms with van der Waals surface area (Å²) in [6.07, 6.45) is 3.86. The molecule has 21 heavy (non-hydrogen) atoms. The summed E-state index contributed by atoms with van der Waals surface area (Å²) in [7, 11) is 0. The van der Waals surface area contributed by atoms with E-state index in [1.807, 2.05) is 31.2 Å². The van der Waals surface area contributed by atoms with E-state index in [1.54, 1.807) is 0 Å². The normalized spacial score (nSPS) is 21.2. The summed E-state index contributed by atoms with van der Waals surface area (Å²) in [6, 6.07) is 8.09. The number of halogens is 1. The average molecular weight is 313 g/mol. The van der Waals surface area contributed by atoms with Gasteiger partial charge in [-0.1, -0.05) is 18.6 Å². The fraction of sp³-hybridized carbons (Fsp3) is 0.562. The van der Waals surface area contributed by atoms with Crippen molar-refractivity contribution < 1.29 is 9.53 Å². The van der Waals surface area contributed by atoms with Gasteiger partial charge in [-0.25, -0.2) is 0 Å². The van der Waals surface area contributed by atoms with E-state index in [2.05, 4.69) is 5.32 Å². The van der Waals surface area contributed by atoms with Crippen molar-refractivity contribution in [1.29, 1.82) is 0 Å². The highest BCUT2D eigenvalue weighted by Gasteiger charge is 2.24. The van der Waals surface area contributed by atoms with Crippen LogP contribution < -0.4 is 15.8 Å². The minimum Gasteiger partial charge on any atom is -0.492 e. The number of benzene rings is 1. The maximum atomic E-state index is 12.0. The Balaban J connectivity index is 0.00000220. The molecule has 2 atom stereocenters. The molecule has 118 valence electrons. The first-order chi connectivity index (χ1) is 9.65. The van der Waals surface area contributed by atoms with Gasteiger partial charge < -0.3 is 15.8 Å². The molecule has 1 amide bonds. The van der Waals surface area contributed by atoms with Gasteiger partial charge in [0.15, 0.2) is 0 Å². The van der Waals surface area contributed by atoms with Crippen molar-refractivity contribution in [1.82, 2.24) is 5.32 Å². The lowest BCUT2D eigenvalue weighted by atomic mass is 9.85. The minimum atomic E-state index is 0. The van der Waals surface area contributed by atoms with Gasteiger partial charge in [-0.15, -0.1) is 12.4 Å². The third kappa shape index (κ3) is 5.94. The van der Waals surface area contributed by atoms with E-state index in [-0.39, 0.29) is 30.3 Å². The first kappa shape index (κ1) is 17.8. The fourth-order valence-electron chi connectivity index (χ4n) is 2.66. The third-order valence-electron chi connectivity index (χ3n) is 3.75. The summed E-state index contributed by atoms with van der Waals surface area (Å²) < 4.78 is 5.61. The molecule has 1 aromatic carbocycles. The number of nitrogens with two attached hydrogens (primary N) is 1. The first-order valence-electron chi connectivity index (χ1n) is 7.38. The van der Waals surface area contributed by atoms with Gasteiger partial charge in [0.1, 0.15) is 12.4 Å². The molecule has 0 saturated heterocycles. The lowest BCUT2D eigenvalue weighted by Crippen LogP contribution is -2.39. The maximum absolute atomic E-state index is 12.0. The molecule has 3 N–H and O–H groups in total. The SMILES string of the molecule is Cc1cccc(OCCNC(=O)C2CCCC(N)C2)c1.Cl. The Kier molecular flexibility index (Phi) is 7.54. The van der Waals surface area contributed by atoms with Crippen molar-refractivity contribution in [2.24, 2.45) is 11.7 Å². The highest BCUT2D eigenvalue weighted by Crippen LogP contribution is 2.23.